The molecule has 1 unspecified atom stereocenters. The first-order valence-corrected chi connectivity index (χ1v) is 5.99. The SMILES string of the molecule is Cc1ccc2c3c(n(C)c2c1)C(C)NCC3. The standard InChI is InChI=1S/C14H18N2/c1-9-4-5-11-12-6-7-15-10(2)14(12)16(3)13(11)8-9/h4-5,8,10,15H,6-7H2,1-3H3. The van der Waals surface area contributed by atoms with Gasteiger partial charge in [0.15, 0.2) is 0 Å². The van der Waals surface area contributed by atoms with E-state index in [0.717, 1.165) is 13.0 Å². The van der Waals surface area contributed by atoms with Crippen LogP contribution in [0.4, 0.5) is 0 Å². The molecule has 0 fully saturated rings. The summed E-state index contributed by atoms with van der Waals surface area (Å²) >= 11 is 0. The molecule has 0 radical (unpaired) electrons. The molecule has 1 aliphatic rings. The van der Waals surface area contributed by atoms with Gasteiger partial charge in [0, 0.05) is 29.7 Å². The molecular weight excluding hydrogens is 196 g/mol. The molecule has 1 atom stereocenters. The van der Waals surface area contributed by atoms with Gasteiger partial charge in [-0.3, -0.25) is 0 Å². The second kappa shape index (κ2) is 3.36. The van der Waals surface area contributed by atoms with Crippen molar-refractivity contribution < 1.29 is 0 Å². The summed E-state index contributed by atoms with van der Waals surface area (Å²) in [6, 6.07) is 7.26. The Kier molecular flexibility index (Phi) is 2.08. The minimum Gasteiger partial charge on any atom is -0.346 e. The van der Waals surface area contributed by atoms with E-state index < -0.39 is 0 Å². The summed E-state index contributed by atoms with van der Waals surface area (Å²) in [5, 5.41) is 4.97. The normalized spacial score (nSPS) is 20.1. The number of hydrogen-bond acceptors (Lipinski definition) is 1. The fourth-order valence-corrected chi connectivity index (χ4v) is 2.97. The van der Waals surface area contributed by atoms with Crippen molar-refractivity contribution >= 4 is 10.9 Å². The van der Waals surface area contributed by atoms with Crippen LogP contribution in [0.5, 0.6) is 0 Å². The molecule has 2 heterocycles. The molecule has 84 valence electrons. The molecule has 1 N–H and O–H groups in total. The molecule has 16 heavy (non-hydrogen) atoms. The van der Waals surface area contributed by atoms with Crippen LogP contribution in [0.25, 0.3) is 10.9 Å². The zero-order valence-electron chi connectivity index (χ0n) is 10.2. The van der Waals surface area contributed by atoms with Crippen LogP contribution in [0.15, 0.2) is 18.2 Å². The van der Waals surface area contributed by atoms with Gasteiger partial charge in [-0.1, -0.05) is 12.1 Å². The van der Waals surface area contributed by atoms with Crippen LogP contribution in [-0.4, -0.2) is 11.1 Å². The lowest BCUT2D eigenvalue weighted by atomic mass is 10.00. The largest absolute Gasteiger partial charge is 0.346 e. The van der Waals surface area contributed by atoms with Gasteiger partial charge >= 0.3 is 0 Å². The second-order valence-electron chi connectivity index (χ2n) is 4.87. The molecule has 3 rings (SSSR count). The molecule has 2 nitrogen and oxygen atoms in total. The highest BCUT2D eigenvalue weighted by Crippen LogP contribution is 2.32. The van der Waals surface area contributed by atoms with E-state index in [1.807, 2.05) is 0 Å². The average molecular weight is 214 g/mol. The third-order valence-corrected chi connectivity index (χ3v) is 3.75. The van der Waals surface area contributed by atoms with Gasteiger partial charge in [0.05, 0.1) is 0 Å². The lowest BCUT2D eigenvalue weighted by Crippen LogP contribution is -2.28. The summed E-state index contributed by atoms with van der Waals surface area (Å²) in [5.74, 6) is 0. The number of nitrogens with zero attached hydrogens (tertiary/aromatic N) is 1. The zero-order valence-corrected chi connectivity index (χ0v) is 10.2. The van der Waals surface area contributed by atoms with Crippen molar-refractivity contribution in [2.45, 2.75) is 26.3 Å². The van der Waals surface area contributed by atoms with Crippen molar-refractivity contribution in [1.82, 2.24) is 9.88 Å². The Morgan fingerprint density at radius 3 is 3.00 bits per heavy atom. The maximum Gasteiger partial charge on any atom is 0.0485 e. The summed E-state index contributed by atoms with van der Waals surface area (Å²) in [6.45, 7) is 5.51. The number of nitrogens with one attached hydrogen (secondary N) is 1. The lowest BCUT2D eigenvalue weighted by molar-refractivity contribution is 0.515. The van der Waals surface area contributed by atoms with Gasteiger partial charge in [0.2, 0.25) is 0 Å². The number of benzene rings is 1. The molecule has 2 heteroatoms. The van der Waals surface area contributed by atoms with Crippen molar-refractivity contribution in [1.29, 1.82) is 0 Å². The third-order valence-electron chi connectivity index (χ3n) is 3.75. The number of aromatic nitrogens is 1. The maximum atomic E-state index is 3.53. The Bertz CT molecular complexity index is 551. The summed E-state index contributed by atoms with van der Waals surface area (Å²) < 4.78 is 2.36. The number of aryl methyl sites for hydroxylation is 2. The highest BCUT2D eigenvalue weighted by Gasteiger charge is 2.22. The van der Waals surface area contributed by atoms with Gasteiger partial charge in [-0.2, -0.15) is 0 Å². The molecule has 2 aromatic rings. The lowest BCUT2D eigenvalue weighted by Gasteiger charge is -2.22. The first-order valence-electron chi connectivity index (χ1n) is 5.99. The van der Waals surface area contributed by atoms with Crippen molar-refractivity contribution in [2.24, 2.45) is 7.05 Å². The van der Waals surface area contributed by atoms with E-state index in [1.54, 1.807) is 5.56 Å². The predicted octanol–water partition coefficient (Wildman–Crippen LogP) is 2.69. The van der Waals surface area contributed by atoms with E-state index in [1.165, 1.54) is 22.2 Å². The highest BCUT2D eigenvalue weighted by atomic mass is 15.0. The van der Waals surface area contributed by atoms with E-state index in [0.29, 0.717) is 6.04 Å². The van der Waals surface area contributed by atoms with E-state index >= 15 is 0 Å². The van der Waals surface area contributed by atoms with Gasteiger partial charge in [-0.15, -0.1) is 0 Å². The minimum absolute atomic E-state index is 0.474. The molecule has 1 aromatic carbocycles. The molecule has 0 spiro atoms. The van der Waals surface area contributed by atoms with E-state index in [4.69, 9.17) is 0 Å². The Hall–Kier alpha value is -1.28. The maximum absolute atomic E-state index is 3.53. The van der Waals surface area contributed by atoms with Gasteiger partial charge in [0.1, 0.15) is 0 Å². The molecule has 1 aliphatic heterocycles. The Morgan fingerprint density at radius 2 is 2.19 bits per heavy atom. The van der Waals surface area contributed by atoms with Gasteiger partial charge < -0.3 is 9.88 Å². The first-order chi connectivity index (χ1) is 7.68. The van der Waals surface area contributed by atoms with E-state index in [-0.39, 0.29) is 0 Å². The highest BCUT2D eigenvalue weighted by molar-refractivity contribution is 5.86. The quantitative estimate of drug-likeness (QED) is 0.713. The average Bonchev–Trinajstić information content (AvgIpc) is 2.54. The number of hydrogen-bond donors (Lipinski definition) is 1. The number of fused-ring (bicyclic) bond motifs is 3. The molecule has 0 amide bonds. The van der Waals surface area contributed by atoms with Crippen molar-refractivity contribution in [2.75, 3.05) is 6.54 Å². The van der Waals surface area contributed by atoms with Gasteiger partial charge in [-0.25, -0.2) is 0 Å². The van der Waals surface area contributed by atoms with Gasteiger partial charge in [-0.05, 0) is 44.0 Å². The van der Waals surface area contributed by atoms with Crippen LogP contribution in [0.1, 0.15) is 29.8 Å². The fourth-order valence-electron chi connectivity index (χ4n) is 2.97. The first kappa shape index (κ1) is 9.91. The monoisotopic (exact) mass is 214 g/mol. The summed E-state index contributed by atoms with van der Waals surface area (Å²) in [7, 11) is 2.18. The molecule has 0 saturated heterocycles. The molecule has 0 bridgehead atoms. The summed E-state index contributed by atoms with van der Waals surface area (Å²) in [4.78, 5) is 0. The van der Waals surface area contributed by atoms with Crippen LogP contribution in [0, 0.1) is 6.92 Å². The Balaban J connectivity index is 2.38. The zero-order chi connectivity index (χ0) is 11.3. The molecular formula is C14H18N2. The van der Waals surface area contributed by atoms with Crippen molar-refractivity contribution in [3.8, 4) is 0 Å². The third kappa shape index (κ3) is 1.23. The van der Waals surface area contributed by atoms with Crippen LogP contribution < -0.4 is 5.32 Å². The fraction of sp³-hybridized carbons (Fsp3) is 0.429. The summed E-state index contributed by atoms with van der Waals surface area (Å²) in [6.07, 6.45) is 1.15. The van der Waals surface area contributed by atoms with Crippen molar-refractivity contribution in [3.63, 3.8) is 0 Å². The Morgan fingerprint density at radius 1 is 1.38 bits per heavy atom. The smallest absolute Gasteiger partial charge is 0.0485 e. The van der Waals surface area contributed by atoms with Crippen molar-refractivity contribution in [3.05, 3.63) is 35.0 Å². The van der Waals surface area contributed by atoms with Crippen LogP contribution in [0.3, 0.4) is 0 Å². The molecule has 0 aliphatic carbocycles. The van der Waals surface area contributed by atoms with E-state index in [9.17, 15) is 0 Å². The predicted molar refractivity (Wildman–Crippen MR) is 67.8 cm³/mol. The molecule has 0 saturated carbocycles. The number of rotatable bonds is 0. The Labute approximate surface area is 96.3 Å². The summed E-state index contributed by atoms with van der Waals surface area (Å²) in [5.41, 5.74) is 5.72. The van der Waals surface area contributed by atoms with Crippen LogP contribution in [0.2, 0.25) is 0 Å². The van der Waals surface area contributed by atoms with E-state index in [2.05, 4.69) is 49.0 Å². The molecule has 1 aromatic heterocycles. The topological polar surface area (TPSA) is 17.0 Å². The minimum atomic E-state index is 0.474. The van der Waals surface area contributed by atoms with Gasteiger partial charge in [0.25, 0.3) is 0 Å². The van der Waals surface area contributed by atoms with Crippen LogP contribution in [-0.2, 0) is 13.5 Å². The van der Waals surface area contributed by atoms with Crippen LogP contribution >= 0.6 is 0 Å². The second-order valence-corrected chi connectivity index (χ2v) is 4.87.